The minimum Gasteiger partial charge on any atom is -0.359 e. The first kappa shape index (κ1) is 9.97. The molecule has 80 valence electrons. The van der Waals surface area contributed by atoms with Crippen molar-refractivity contribution >= 4 is 5.84 Å². The van der Waals surface area contributed by atoms with Crippen LogP contribution in [0.5, 0.6) is 0 Å². The molecule has 3 heteroatoms. The molecule has 1 atom stereocenters. The molecular weight excluding hydrogens is 174 g/mol. The van der Waals surface area contributed by atoms with Gasteiger partial charge in [-0.15, -0.1) is 0 Å². The summed E-state index contributed by atoms with van der Waals surface area (Å²) in [5.41, 5.74) is 0. The summed E-state index contributed by atoms with van der Waals surface area (Å²) < 4.78 is 0. The van der Waals surface area contributed by atoms with Crippen molar-refractivity contribution in [1.82, 2.24) is 9.80 Å². The zero-order valence-corrected chi connectivity index (χ0v) is 9.13. The zero-order chi connectivity index (χ0) is 9.97. The van der Waals surface area contributed by atoms with Gasteiger partial charge < -0.3 is 4.90 Å². The molecule has 2 aliphatic rings. The van der Waals surface area contributed by atoms with Crippen molar-refractivity contribution in [3.8, 4) is 0 Å². The Morgan fingerprint density at radius 3 is 2.43 bits per heavy atom. The minimum atomic E-state index is 0.732. The second kappa shape index (κ2) is 4.30. The summed E-state index contributed by atoms with van der Waals surface area (Å²) in [6.45, 7) is 6.66. The molecule has 0 radical (unpaired) electrons. The second-order valence-electron chi connectivity index (χ2n) is 4.57. The predicted molar refractivity (Wildman–Crippen MR) is 58.8 cm³/mol. The third-order valence-corrected chi connectivity index (χ3v) is 3.54. The lowest BCUT2D eigenvalue weighted by atomic mass is 10.1. The molecule has 2 fully saturated rings. The van der Waals surface area contributed by atoms with Gasteiger partial charge in [-0.05, 0) is 39.3 Å². The highest BCUT2D eigenvalue weighted by Gasteiger charge is 2.28. The van der Waals surface area contributed by atoms with E-state index in [-0.39, 0.29) is 0 Å². The van der Waals surface area contributed by atoms with E-state index in [1.165, 1.54) is 38.8 Å². The number of hydrogen-bond acceptors (Lipinski definition) is 2. The molecule has 2 rings (SSSR count). The smallest absolute Gasteiger partial charge is 0.0926 e. The average Bonchev–Trinajstić information content (AvgIpc) is 2.68. The van der Waals surface area contributed by atoms with Crippen LogP contribution in [0.4, 0.5) is 0 Å². The Labute approximate surface area is 86.6 Å². The largest absolute Gasteiger partial charge is 0.359 e. The van der Waals surface area contributed by atoms with Crippen LogP contribution in [-0.4, -0.2) is 47.9 Å². The van der Waals surface area contributed by atoms with Crippen LogP contribution in [0.3, 0.4) is 0 Å². The highest BCUT2D eigenvalue weighted by Crippen LogP contribution is 2.19. The van der Waals surface area contributed by atoms with Crippen LogP contribution in [0.15, 0.2) is 0 Å². The van der Waals surface area contributed by atoms with Crippen molar-refractivity contribution in [2.45, 2.75) is 38.6 Å². The Bertz CT molecular complexity index is 209. The maximum atomic E-state index is 7.60. The van der Waals surface area contributed by atoms with Crippen molar-refractivity contribution in [3.63, 3.8) is 0 Å². The average molecular weight is 195 g/mol. The summed E-state index contributed by atoms with van der Waals surface area (Å²) >= 11 is 0. The molecule has 0 aromatic carbocycles. The highest BCUT2D eigenvalue weighted by atomic mass is 15.3. The number of amidine groups is 1. The van der Waals surface area contributed by atoms with Gasteiger partial charge in [0.2, 0.25) is 0 Å². The Morgan fingerprint density at radius 1 is 1.14 bits per heavy atom. The van der Waals surface area contributed by atoms with Crippen molar-refractivity contribution in [2.24, 2.45) is 0 Å². The molecule has 2 aliphatic heterocycles. The molecule has 0 amide bonds. The Balaban J connectivity index is 1.85. The fourth-order valence-corrected chi connectivity index (χ4v) is 2.63. The van der Waals surface area contributed by atoms with Crippen LogP contribution in [-0.2, 0) is 0 Å². The van der Waals surface area contributed by atoms with Gasteiger partial charge in [-0.25, -0.2) is 0 Å². The maximum Gasteiger partial charge on any atom is 0.0926 e. The van der Waals surface area contributed by atoms with Gasteiger partial charge in [0.1, 0.15) is 0 Å². The van der Waals surface area contributed by atoms with Crippen LogP contribution < -0.4 is 0 Å². The zero-order valence-electron chi connectivity index (χ0n) is 9.13. The van der Waals surface area contributed by atoms with Crippen LogP contribution in [0.2, 0.25) is 0 Å². The van der Waals surface area contributed by atoms with Crippen LogP contribution in [0, 0.1) is 5.41 Å². The Kier molecular flexibility index (Phi) is 3.06. The van der Waals surface area contributed by atoms with E-state index in [9.17, 15) is 0 Å². The van der Waals surface area contributed by atoms with E-state index in [4.69, 9.17) is 5.41 Å². The molecule has 1 unspecified atom stereocenters. The molecule has 14 heavy (non-hydrogen) atoms. The summed E-state index contributed by atoms with van der Waals surface area (Å²) in [6.07, 6.45) is 5.42. The first-order valence-corrected chi connectivity index (χ1v) is 5.81. The molecule has 0 bridgehead atoms. The maximum absolute atomic E-state index is 7.60. The highest BCUT2D eigenvalue weighted by molar-refractivity contribution is 5.76. The Morgan fingerprint density at radius 2 is 1.86 bits per heavy atom. The third-order valence-electron chi connectivity index (χ3n) is 3.54. The fraction of sp³-hybridized carbons (Fsp3) is 0.909. The molecule has 2 saturated heterocycles. The molecule has 0 aromatic heterocycles. The second-order valence-corrected chi connectivity index (χ2v) is 4.57. The van der Waals surface area contributed by atoms with Gasteiger partial charge >= 0.3 is 0 Å². The van der Waals surface area contributed by atoms with E-state index in [0.29, 0.717) is 0 Å². The predicted octanol–water partition coefficient (Wildman–Crippen LogP) is 1.54. The summed E-state index contributed by atoms with van der Waals surface area (Å²) in [7, 11) is 0. The summed E-state index contributed by atoms with van der Waals surface area (Å²) in [6, 6.07) is 0.732. The lowest BCUT2D eigenvalue weighted by Gasteiger charge is -2.32. The number of nitrogens with one attached hydrogen (secondary N) is 1. The van der Waals surface area contributed by atoms with Crippen LogP contribution in [0.1, 0.15) is 32.6 Å². The van der Waals surface area contributed by atoms with Gasteiger partial charge in [0, 0.05) is 19.1 Å². The van der Waals surface area contributed by atoms with Gasteiger partial charge in [-0.1, -0.05) is 6.42 Å². The summed E-state index contributed by atoms with van der Waals surface area (Å²) in [5.74, 6) is 0.740. The third kappa shape index (κ3) is 2.08. The molecule has 1 N–H and O–H groups in total. The van der Waals surface area contributed by atoms with E-state index in [1.807, 2.05) is 6.92 Å². The van der Waals surface area contributed by atoms with Crippen molar-refractivity contribution in [3.05, 3.63) is 0 Å². The lowest BCUT2D eigenvalue weighted by Crippen LogP contribution is -2.41. The molecule has 0 spiro atoms. The topological polar surface area (TPSA) is 30.3 Å². The van der Waals surface area contributed by atoms with Gasteiger partial charge in [0.05, 0.1) is 5.84 Å². The van der Waals surface area contributed by atoms with E-state index in [2.05, 4.69) is 9.80 Å². The van der Waals surface area contributed by atoms with E-state index < -0.39 is 0 Å². The minimum absolute atomic E-state index is 0.732. The molecule has 0 saturated carbocycles. The Hall–Kier alpha value is -0.570. The van der Waals surface area contributed by atoms with Gasteiger partial charge in [-0.2, -0.15) is 0 Å². The molecule has 2 heterocycles. The monoisotopic (exact) mass is 195 g/mol. The van der Waals surface area contributed by atoms with E-state index in [0.717, 1.165) is 25.0 Å². The summed E-state index contributed by atoms with van der Waals surface area (Å²) in [4.78, 5) is 4.84. The van der Waals surface area contributed by atoms with Crippen molar-refractivity contribution < 1.29 is 0 Å². The van der Waals surface area contributed by atoms with Crippen molar-refractivity contribution in [1.29, 1.82) is 5.41 Å². The van der Waals surface area contributed by atoms with Crippen molar-refractivity contribution in [2.75, 3.05) is 26.2 Å². The molecule has 0 aliphatic carbocycles. The van der Waals surface area contributed by atoms with E-state index in [1.54, 1.807) is 0 Å². The quantitative estimate of drug-likeness (QED) is 0.508. The normalized spacial score (nSPS) is 29.5. The number of rotatable bonds is 1. The molecular formula is C11H21N3. The number of likely N-dealkylation sites (tertiary alicyclic amines) is 2. The number of nitrogens with zero attached hydrogens (tertiary/aromatic N) is 2. The first-order valence-electron chi connectivity index (χ1n) is 5.81. The van der Waals surface area contributed by atoms with E-state index >= 15 is 0 Å². The lowest BCUT2D eigenvalue weighted by molar-refractivity contribution is 0.169. The van der Waals surface area contributed by atoms with Gasteiger partial charge in [0.25, 0.3) is 0 Å². The first-order chi connectivity index (χ1) is 6.77. The molecule has 0 aromatic rings. The number of piperidine rings is 1. The SMILES string of the molecule is CC(=N)N1CCC(N2CCCCC2)C1. The standard InChI is InChI=1S/C11H21N3/c1-10(12)14-8-5-11(9-14)13-6-3-2-4-7-13/h11-12H,2-9H2,1H3. The summed E-state index contributed by atoms with van der Waals surface area (Å²) in [5, 5.41) is 7.60. The fourth-order valence-electron chi connectivity index (χ4n) is 2.63. The number of hydrogen-bond donors (Lipinski definition) is 1. The van der Waals surface area contributed by atoms with Gasteiger partial charge in [-0.3, -0.25) is 10.3 Å². The van der Waals surface area contributed by atoms with Crippen LogP contribution >= 0.6 is 0 Å². The van der Waals surface area contributed by atoms with Crippen LogP contribution in [0.25, 0.3) is 0 Å². The molecule has 3 nitrogen and oxygen atoms in total. The van der Waals surface area contributed by atoms with Gasteiger partial charge in [0.15, 0.2) is 0 Å².